The van der Waals surface area contributed by atoms with Crippen molar-refractivity contribution in [2.24, 2.45) is 0 Å². The summed E-state index contributed by atoms with van der Waals surface area (Å²) in [6.07, 6.45) is -3.22. The van der Waals surface area contributed by atoms with Crippen molar-refractivity contribution in [1.29, 1.82) is 0 Å². The van der Waals surface area contributed by atoms with E-state index in [1.54, 1.807) is 0 Å². The highest BCUT2D eigenvalue weighted by molar-refractivity contribution is 6.30. The molecule has 0 amide bonds. The van der Waals surface area contributed by atoms with Gasteiger partial charge in [0.25, 0.3) is 5.56 Å². The second kappa shape index (κ2) is 5.05. The predicted octanol–water partition coefficient (Wildman–Crippen LogP) is 2.96. The van der Waals surface area contributed by atoms with Crippen molar-refractivity contribution in [2.45, 2.75) is 12.7 Å². The minimum Gasteiger partial charge on any atom is -0.298 e. The second-order valence-electron chi connectivity index (χ2n) is 3.80. The zero-order valence-electron chi connectivity index (χ0n) is 9.49. The smallest absolute Gasteiger partial charge is 0.298 e. The molecule has 7 heteroatoms. The fourth-order valence-corrected chi connectivity index (χ4v) is 1.81. The number of aromatic nitrogens is 2. The molecular formula is C12H8ClF3N2O. The van der Waals surface area contributed by atoms with Gasteiger partial charge in [0, 0.05) is 17.3 Å². The maximum absolute atomic E-state index is 12.8. The van der Waals surface area contributed by atoms with Crippen LogP contribution in [0.3, 0.4) is 0 Å². The molecule has 0 saturated heterocycles. The molecule has 2 heterocycles. The third-order valence-electron chi connectivity index (χ3n) is 2.44. The van der Waals surface area contributed by atoms with Crippen LogP contribution in [0.5, 0.6) is 0 Å². The lowest BCUT2D eigenvalue weighted by Gasteiger charge is -2.14. The van der Waals surface area contributed by atoms with E-state index in [0.29, 0.717) is 9.59 Å². The molecule has 0 aromatic carbocycles. The molecule has 0 unspecified atom stereocenters. The topological polar surface area (TPSA) is 34.9 Å². The first-order chi connectivity index (χ1) is 8.88. The number of nitrogens with zero attached hydrogens (tertiary/aromatic N) is 2. The Morgan fingerprint density at radius 2 is 2.00 bits per heavy atom. The maximum Gasteiger partial charge on any atom is 0.431 e. The van der Waals surface area contributed by atoms with Gasteiger partial charge in [0.15, 0.2) is 0 Å². The standard InChI is InChI=1S/C12H8ClF3N2O/c13-8-4-5-17-9(6-8)7-18-10(12(14,15)16)2-1-3-11(18)19/h1-6H,7H2. The summed E-state index contributed by atoms with van der Waals surface area (Å²) in [5.74, 6) is 0. The molecule has 0 fully saturated rings. The van der Waals surface area contributed by atoms with Gasteiger partial charge in [-0.25, -0.2) is 0 Å². The molecule has 0 aliphatic rings. The summed E-state index contributed by atoms with van der Waals surface area (Å²) in [6, 6.07) is 5.92. The van der Waals surface area contributed by atoms with E-state index in [1.807, 2.05) is 0 Å². The summed E-state index contributed by atoms with van der Waals surface area (Å²) in [6.45, 7) is -0.283. The summed E-state index contributed by atoms with van der Waals surface area (Å²) < 4.78 is 39.0. The molecule has 2 rings (SSSR count). The van der Waals surface area contributed by atoms with E-state index < -0.39 is 17.4 Å². The summed E-state index contributed by atoms with van der Waals surface area (Å²) >= 11 is 5.73. The normalized spacial score (nSPS) is 11.6. The van der Waals surface area contributed by atoms with Crippen molar-refractivity contribution >= 4 is 11.6 Å². The SMILES string of the molecule is O=c1cccc(C(F)(F)F)n1Cc1cc(Cl)ccn1. The van der Waals surface area contributed by atoms with Gasteiger partial charge in [-0.3, -0.25) is 14.3 Å². The van der Waals surface area contributed by atoms with E-state index in [1.165, 1.54) is 18.3 Å². The van der Waals surface area contributed by atoms with Crippen LogP contribution < -0.4 is 5.56 Å². The van der Waals surface area contributed by atoms with E-state index >= 15 is 0 Å². The van der Waals surface area contributed by atoms with Gasteiger partial charge in [0.05, 0.1) is 12.2 Å². The molecule has 0 radical (unpaired) electrons. The number of hydrogen-bond acceptors (Lipinski definition) is 2. The molecule has 0 N–H and O–H groups in total. The maximum atomic E-state index is 12.8. The molecule has 0 bridgehead atoms. The van der Waals surface area contributed by atoms with Gasteiger partial charge in [0.1, 0.15) is 5.69 Å². The zero-order valence-corrected chi connectivity index (χ0v) is 10.2. The van der Waals surface area contributed by atoms with Crippen LogP contribution in [0.25, 0.3) is 0 Å². The Labute approximate surface area is 111 Å². The molecule has 19 heavy (non-hydrogen) atoms. The van der Waals surface area contributed by atoms with E-state index in [-0.39, 0.29) is 12.2 Å². The van der Waals surface area contributed by atoms with Crippen molar-refractivity contribution in [3.8, 4) is 0 Å². The van der Waals surface area contributed by atoms with Crippen LogP contribution in [0.2, 0.25) is 5.02 Å². The average molecular weight is 289 g/mol. The van der Waals surface area contributed by atoms with Gasteiger partial charge < -0.3 is 0 Å². The van der Waals surface area contributed by atoms with Gasteiger partial charge in [-0.15, -0.1) is 0 Å². The van der Waals surface area contributed by atoms with Gasteiger partial charge >= 0.3 is 6.18 Å². The predicted molar refractivity (Wildman–Crippen MR) is 64.1 cm³/mol. The molecule has 100 valence electrons. The Balaban J connectivity index is 2.48. The molecule has 2 aromatic rings. The summed E-state index contributed by atoms with van der Waals surface area (Å²) in [4.78, 5) is 15.5. The van der Waals surface area contributed by atoms with Gasteiger partial charge in [0.2, 0.25) is 0 Å². The lowest BCUT2D eigenvalue weighted by molar-refractivity contribution is -0.144. The van der Waals surface area contributed by atoms with Crippen molar-refractivity contribution in [3.05, 3.63) is 63.3 Å². The molecular weight excluding hydrogens is 281 g/mol. The summed E-state index contributed by atoms with van der Waals surface area (Å²) in [7, 11) is 0. The third kappa shape index (κ3) is 3.14. The minimum absolute atomic E-state index is 0.283. The van der Waals surface area contributed by atoms with Crippen molar-refractivity contribution < 1.29 is 13.2 Å². The second-order valence-corrected chi connectivity index (χ2v) is 4.23. The number of halogens is 4. The molecule has 0 aliphatic heterocycles. The minimum atomic E-state index is -4.60. The lowest BCUT2D eigenvalue weighted by Crippen LogP contribution is -2.27. The van der Waals surface area contributed by atoms with Crippen molar-refractivity contribution in [3.63, 3.8) is 0 Å². The van der Waals surface area contributed by atoms with Crippen LogP contribution in [0.4, 0.5) is 13.2 Å². The molecule has 0 aliphatic carbocycles. The fourth-order valence-electron chi connectivity index (χ4n) is 1.63. The van der Waals surface area contributed by atoms with Crippen LogP contribution in [0, 0.1) is 0 Å². The number of pyridine rings is 2. The number of hydrogen-bond donors (Lipinski definition) is 0. The molecule has 0 atom stereocenters. The Morgan fingerprint density at radius 1 is 1.26 bits per heavy atom. The zero-order chi connectivity index (χ0) is 14.0. The quantitative estimate of drug-likeness (QED) is 0.851. The van der Waals surface area contributed by atoms with E-state index in [0.717, 1.165) is 18.2 Å². The fraction of sp³-hybridized carbons (Fsp3) is 0.167. The van der Waals surface area contributed by atoms with Crippen LogP contribution in [0.15, 0.2) is 41.3 Å². The Hall–Kier alpha value is -1.82. The van der Waals surface area contributed by atoms with Gasteiger partial charge in [-0.05, 0) is 18.2 Å². The van der Waals surface area contributed by atoms with Crippen LogP contribution in [-0.2, 0) is 12.7 Å². The molecule has 0 saturated carbocycles. The van der Waals surface area contributed by atoms with Crippen molar-refractivity contribution in [1.82, 2.24) is 9.55 Å². The third-order valence-corrected chi connectivity index (χ3v) is 2.67. The largest absolute Gasteiger partial charge is 0.431 e. The van der Waals surface area contributed by atoms with Crippen molar-refractivity contribution in [2.75, 3.05) is 0 Å². The van der Waals surface area contributed by atoms with E-state index in [4.69, 9.17) is 11.6 Å². The Morgan fingerprint density at radius 3 is 2.63 bits per heavy atom. The monoisotopic (exact) mass is 288 g/mol. The average Bonchev–Trinajstić information content (AvgIpc) is 2.30. The highest BCUT2D eigenvalue weighted by atomic mass is 35.5. The molecule has 0 spiro atoms. The first-order valence-electron chi connectivity index (χ1n) is 5.25. The summed E-state index contributed by atoms with van der Waals surface area (Å²) in [5.41, 5.74) is -1.47. The highest BCUT2D eigenvalue weighted by Gasteiger charge is 2.34. The van der Waals surface area contributed by atoms with Crippen LogP contribution in [0.1, 0.15) is 11.4 Å². The van der Waals surface area contributed by atoms with Crippen LogP contribution in [-0.4, -0.2) is 9.55 Å². The Bertz CT molecular complexity index is 652. The van der Waals surface area contributed by atoms with Gasteiger partial charge in [-0.2, -0.15) is 13.2 Å². The Kier molecular flexibility index (Phi) is 3.61. The van der Waals surface area contributed by atoms with E-state index in [2.05, 4.69) is 4.98 Å². The van der Waals surface area contributed by atoms with Crippen LogP contribution >= 0.6 is 11.6 Å². The molecule has 2 aromatic heterocycles. The number of rotatable bonds is 2. The first kappa shape index (κ1) is 13.6. The number of alkyl halides is 3. The molecule has 3 nitrogen and oxygen atoms in total. The highest BCUT2D eigenvalue weighted by Crippen LogP contribution is 2.28. The van der Waals surface area contributed by atoms with Gasteiger partial charge in [-0.1, -0.05) is 17.7 Å². The first-order valence-corrected chi connectivity index (χ1v) is 5.63. The summed E-state index contributed by atoms with van der Waals surface area (Å²) in [5, 5.41) is 0.350. The lowest BCUT2D eigenvalue weighted by atomic mass is 10.3. The van der Waals surface area contributed by atoms with E-state index in [9.17, 15) is 18.0 Å².